The van der Waals surface area contributed by atoms with E-state index in [1.54, 1.807) is 32.5 Å². The lowest BCUT2D eigenvalue weighted by atomic mass is 9.84. The fourth-order valence-electron chi connectivity index (χ4n) is 3.74. The molecular formula is C28H31NO4S. The summed E-state index contributed by atoms with van der Waals surface area (Å²) in [6.45, 7) is 5.33. The van der Waals surface area contributed by atoms with E-state index in [4.69, 9.17) is 9.47 Å². The number of benzene rings is 3. The lowest BCUT2D eigenvalue weighted by Crippen LogP contribution is -2.46. The van der Waals surface area contributed by atoms with Gasteiger partial charge in [0.1, 0.15) is 11.6 Å². The zero-order valence-corrected chi connectivity index (χ0v) is 20.8. The monoisotopic (exact) mass is 477 g/mol. The molecule has 0 unspecified atom stereocenters. The summed E-state index contributed by atoms with van der Waals surface area (Å²) in [4.78, 5) is 25.1. The molecule has 0 aliphatic rings. The van der Waals surface area contributed by atoms with E-state index in [0.717, 1.165) is 16.7 Å². The number of hydrogen-bond donors (Lipinski definition) is 1. The standard InChI is InChI=1S/C28H31NO4S/c1-27(2,3)33-26(31)29-24(25(30)32-4)20-34-28(21-14-8-5-9-15-21,22-16-10-6-11-17-22)23-18-12-7-13-19-23/h5-19,24H,20H2,1-4H3,(H,29,31)/t24-/m1/s1. The summed E-state index contributed by atoms with van der Waals surface area (Å²) < 4.78 is 9.77. The third kappa shape index (κ3) is 6.20. The highest BCUT2D eigenvalue weighted by atomic mass is 32.2. The van der Waals surface area contributed by atoms with E-state index in [-0.39, 0.29) is 5.75 Å². The van der Waals surface area contributed by atoms with E-state index in [9.17, 15) is 9.59 Å². The van der Waals surface area contributed by atoms with Gasteiger partial charge in [-0.2, -0.15) is 0 Å². The number of hydrogen-bond acceptors (Lipinski definition) is 5. The Hall–Kier alpha value is -3.25. The molecule has 0 bridgehead atoms. The molecule has 5 nitrogen and oxygen atoms in total. The number of methoxy groups -OCH3 is 1. The Morgan fingerprint density at radius 3 is 1.56 bits per heavy atom. The molecule has 6 heteroatoms. The second-order valence-corrected chi connectivity index (χ2v) is 10.0. The van der Waals surface area contributed by atoms with Crippen molar-refractivity contribution in [1.82, 2.24) is 5.32 Å². The Morgan fingerprint density at radius 1 is 0.794 bits per heavy atom. The summed E-state index contributed by atoms with van der Waals surface area (Å²) >= 11 is 1.57. The summed E-state index contributed by atoms with van der Waals surface area (Å²) in [7, 11) is 1.32. The number of thioether (sulfide) groups is 1. The first-order valence-electron chi connectivity index (χ1n) is 11.1. The fourth-order valence-corrected chi connectivity index (χ4v) is 5.28. The van der Waals surface area contributed by atoms with E-state index in [1.165, 1.54) is 7.11 Å². The molecule has 0 aliphatic carbocycles. The molecule has 0 aromatic heterocycles. The van der Waals surface area contributed by atoms with Gasteiger partial charge in [0.2, 0.25) is 0 Å². The molecule has 34 heavy (non-hydrogen) atoms. The second-order valence-electron chi connectivity index (χ2n) is 8.81. The molecule has 0 aliphatic heterocycles. The Kier molecular flexibility index (Phi) is 8.40. The van der Waals surface area contributed by atoms with Crippen molar-refractivity contribution in [2.45, 2.75) is 37.2 Å². The molecule has 0 radical (unpaired) electrons. The van der Waals surface area contributed by atoms with E-state index in [1.807, 2.05) is 54.6 Å². The van der Waals surface area contributed by atoms with Gasteiger partial charge < -0.3 is 14.8 Å². The van der Waals surface area contributed by atoms with E-state index >= 15 is 0 Å². The third-order valence-electron chi connectivity index (χ3n) is 5.18. The van der Waals surface area contributed by atoms with E-state index in [0.29, 0.717) is 0 Å². The molecule has 1 amide bonds. The van der Waals surface area contributed by atoms with Crippen LogP contribution in [0.4, 0.5) is 4.79 Å². The summed E-state index contributed by atoms with van der Waals surface area (Å²) in [5.41, 5.74) is 2.52. The number of esters is 1. The molecule has 178 valence electrons. The maximum atomic E-state index is 12.6. The predicted molar refractivity (Wildman–Crippen MR) is 137 cm³/mol. The highest BCUT2D eigenvalue weighted by molar-refractivity contribution is 8.00. The number of alkyl carbamates (subject to hydrolysis) is 1. The molecule has 1 atom stereocenters. The molecule has 0 heterocycles. The van der Waals surface area contributed by atoms with Crippen LogP contribution in [-0.2, 0) is 19.0 Å². The van der Waals surface area contributed by atoms with Crippen LogP contribution in [-0.4, -0.2) is 36.6 Å². The molecule has 3 aromatic carbocycles. The van der Waals surface area contributed by atoms with Crippen LogP contribution in [0, 0.1) is 0 Å². The van der Waals surface area contributed by atoms with Crippen LogP contribution in [0.3, 0.4) is 0 Å². The Morgan fingerprint density at radius 2 is 1.21 bits per heavy atom. The van der Waals surface area contributed by atoms with Gasteiger partial charge in [-0.05, 0) is 37.5 Å². The number of amides is 1. The third-order valence-corrected chi connectivity index (χ3v) is 6.82. The van der Waals surface area contributed by atoms with Crippen LogP contribution < -0.4 is 5.32 Å². The van der Waals surface area contributed by atoms with Crippen molar-refractivity contribution in [2.24, 2.45) is 0 Å². The maximum Gasteiger partial charge on any atom is 0.408 e. The highest BCUT2D eigenvalue weighted by Gasteiger charge is 2.39. The zero-order chi connectivity index (χ0) is 24.6. The van der Waals surface area contributed by atoms with Gasteiger partial charge in [0.15, 0.2) is 0 Å². The van der Waals surface area contributed by atoms with E-state index in [2.05, 4.69) is 41.7 Å². The van der Waals surface area contributed by atoms with Crippen molar-refractivity contribution in [3.8, 4) is 0 Å². The van der Waals surface area contributed by atoms with Crippen molar-refractivity contribution < 1.29 is 19.1 Å². The maximum absolute atomic E-state index is 12.6. The van der Waals surface area contributed by atoms with Gasteiger partial charge in [0, 0.05) is 5.75 Å². The number of nitrogens with one attached hydrogen (secondary N) is 1. The van der Waals surface area contributed by atoms with Crippen molar-refractivity contribution in [3.63, 3.8) is 0 Å². The van der Waals surface area contributed by atoms with Gasteiger partial charge in [-0.3, -0.25) is 0 Å². The molecule has 0 saturated heterocycles. The summed E-state index contributed by atoms with van der Waals surface area (Å²) in [6, 6.07) is 29.6. The van der Waals surface area contributed by atoms with Gasteiger partial charge in [0.05, 0.1) is 11.9 Å². The van der Waals surface area contributed by atoms with Gasteiger partial charge in [-0.25, -0.2) is 9.59 Å². The van der Waals surface area contributed by atoms with Crippen LogP contribution in [0.1, 0.15) is 37.5 Å². The minimum atomic E-state index is -0.889. The number of ether oxygens (including phenoxy) is 2. The van der Waals surface area contributed by atoms with Gasteiger partial charge in [-0.1, -0.05) is 91.0 Å². The first-order chi connectivity index (χ1) is 16.3. The number of carbonyl (C=O) groups is 2. The van der Waals surface area contributed by atoms with Gasteiger partial charge >= 0.3 is 12.1 Å². The summed E-state index contributed by atoms with van der Waals surface area (Å²) in [5.74, 6) is -0.258. The predicted octanol–water partition coefficient (Wildman–Crippen LogP) is 5.78. The first-order valence-corrected chi connectivity index (χ1v) is 12.1. The summed E-state index contributed by atoms with van der Waals surface area (Å²) in [5, 5.41) is 2.69. The van der Waals surface area contributed by atoms with Gasteiger partial charge in [0.25, 0.3) is 0 Å². The molecule has 3 aromatic rings. The van der Waals surface area contributed by atoms with Gasteiger partial charge in [-0.15, -0.1) is 11.8 Å². The Labute approximate surface area is 205 Å². The first kappa shape index (κ1) is 25.4. The smallest absolute Gasteiger partial charge is 0.408 e. The van der Waals surface area contributed by atoms with Crippen molar-refractivity contribution in [3.05, 3.63) is 108 Å². The van der Waals surface area contributed by atoms with Crippen LogP contribution in [0.15, 0.2) is 91.0 Å². The zero-order valence-electron chi connectivity index (χ0n) is 20.0. The Bertz CT molecular complexity index is 969. The van der Waals surface area contributed by atoms with Crippen molar-refractivity contribution >= 4 is 23.8 Å². The average Bonchev–Trinajstić information content (AvgIpc) is 2.84. The largest absolute Gasteiger partial charge is 0.467 e. The van der Waals surface area contributed by atoms with Crippen LogP contribution in [0.25, 0.3) is 0 Å². The lowest BCUT2D eigenvalue weighted by molar-refractivity contribution is -0.142. The quantitative estimate of drug-likeness (QED) is 0.329. The normalized spacial score (nSPS) is 12.5. The average molecular weight is 478 g/mol. The fraction of sp³-hybridized carbons (Fsp3) is 0.286. The molecule has 0 spiro atoms. The van der Waals surface area contributed by atoms with E-state index < -0.39 is 28.5 Å². The Balaban J connectivity index is 2.04. The number of carbonyl (C=O) groups excluding carboxylic acids is 2. The minimum absolute atomic E-state index is 0.268. The molecule has 3 rings (SSSR count). The minimum Gasteiger partial charge on any atom is -0.467 e. The van der Waals surface area contributed by atoms with Crippen molar-refractivity contribution in [2.75, 3.05) is 12.9 Å². The molecular weight excluding hydrogens is 446 g/mol. The molecule has 0 saturated carbocycles. The number of rotatable bonds is 8. The summed E-state index contributed by atoms with van der Waals surface area (Å²) in [6.07, 6.45) is -0.659. The van der Waals surface area contributed by atoms with Crippen LogP contribution in [0.5, 0.6) is 0 Å². The highest BCUT2D eigenvalue weighted by Crippen LogP contribution is 2.48. The molecule has 1 N–H and O–H groups in total. The van der Waals surface area contributed by atoms with Crippen LogP contribution >= 0.6 is 11.8 Å². The van der Waals surface area contributed by atoms with Crippen molar-refractivity contribution in [1.29, 1.82) is 0 Å². The SMILES string of the molecule is COC(=O)[C@@H](CSC(c1ccccc1)(c1ccccc1)c1ccccc1)NC(=O)OC(C)(C)C. The second kappa shape index (κ2) is 11.3. The van der Waals surface area contributed by atoms with Crippen LogP contribution in [0.2, 0.25) is 0 Å². The molecule has 0 fully saturated rings. The topological polar surface area (TPSA) is 64.6 Å². The lowest BCUT2D eigenvalue weighted by Gasteiger charge is -2.36.